The molecule has 0 aliphatic heterocycles. The molecule has 0 spiro atoms. The van der Waals surface area contributed by atoms with Gasteiger partial charge >= 0.3 is 0 Å². The Balaban J connectivity index is 1.36. The zero-order valence-electron chi connectivity index (χ0n) is 15.0. The summed E-state index contributed by atoms with van der Waals surface area (Å²) in [6.07, 6.45) is 2.84. The van der Waals surface area contributed by atoms with E-state index >= 15 is 0 Å². The molecule has 0 unspecified atom stereocenters. The van der Waals surface area contributed by atoms with Gasteiger partial charge in [0.15, 0.2) is 5.82 Å². The predicted octanol–water partition coefficient (Wildman–Crippen LogP) is 3.41. The Labute approximate surface area is 162 Å². The summed E-state index contributed by atoms with van der Waals surface area (Å²) in [5.74, 6) is 0.758. The number of nitrogens with zero attached hydrogens (tertiary/aromatic N) is 2. The van der Waals surface area contributed by atoms with Crippen molar-refractivity contribution >= 4 is 32.6 Å². The summed E-state index contributed by atoms with van der Waals surface area (Å²) in [6, 6.07) is 19.6. The number of hydrogen-bond acceptors (Lipinski definition) is 5. The minimum atomic E-state index is -3.67. The largest absolute Gasteiger partial charge is 0.368 e. The maximum Gasteiger partial charge on any atom is 0.263 e. The molecule has 142 valence electrons. The van der Waals surface area contributed by atoms with E-state index in [4.69, 9.17) is 0 Å². The van der Waals surface area contributed by atoms with Gasteiger partial charge in [0.2, 0.25) is 0 Å². The lowest BCUT2D eigenvalue weighted by Gasteiger charge is -2.08. The molecule has 0 fully saturated rings. The highest BCUT2D eigenvalue weighted by atomic mass is 32.2. The monoisotopic (exact) mass is 393 g/mol. The summed E-state index contributed by atoms with van der Waals surface area (Å²) in [6.45, 7) is 0.686. The quantitative estimate of drug-likeness (QED) is 0.447. The van der Waals surface area contributed by atoms with E-state index in [1.807, 2.05) is 24.4 Å². The number of rotatable bonds is 7. The van der Waals surface area contributed by atoms with Crippen LogP contribution in [0.4, 0.5) is 11.6 Å². The van der Waals surface area contributed by atoms with Gasteiger partial charge in [-0.1, -0.05) is 36.4 Å². The van der Waals surface area contributed by atoms with E-state index in [0.717, 1.165) is 11.9 Å². The van der Waals surface area contributed by atoms with Gasteiger partial charge < -0.3 is 10.3 Å². The number of hydrogen-bond donors (Lipinski definition) is 3. The predicted molar refractivity (Wildman–Crippen MR) is 110 cm³/mol. The molecular formula is C20H19N5O2S. The van der Waals surface area contributed by atoms with Crippen LogP contribution in [0.25, 0.3) is 10.9 Å². The lowest BCUT2D eigenvalue weighted by molar-refractivity contribution is 0.601. The average molecular weight is 393 g/mol. The van der Waals surface area contributed by atoms with Crippen LogP contribution in [0, 0.1) is 0 Å². The van der Waals surface area contributed by atoms with Gasteiger partial charge in [-0.3, -0.25) is 4.72 Å². The topological polar surface area (TPSA) is 99.8 Å². The number of aromatic nitrogens is 3. The van der Waals surface area contributed by atoms with Crippen LogP contribution in [-0.4, -0.2) is 30.1 Å². The van der Waals surface area contributed by atoms with Crippen molar-refractivity contribution in [3.8, 4) is 0 Å². The van der Waals surface area contributed by atoms with Gasteiger partial charge in [-0.15, -0.1) is 10.2 Å². The molecule has 0 radical (unpaired) electrons. The molecule has 2 aromatic heterocycles. The fourth-order valence-electron chi connectivity index (χ4n) is 2.94. The number of sulfonamides is 1. The number of aromatic amines is 1. The Kier molecular flexibility index (Phi) is 4.94. The first-order chi connectivity index (χ1) is 13.6. The van der Waals surface area contributed by atoms with E-state index in [-0.39, 0.29) is 10.7 Å². The van der Waals surface area contributed by atoms with Crippen LogP contribution in [0.5, 0.6) is 0 Å². The van der Waals surface area contributed by atoms with Crippen molar-refractivity contribution in [2.45, 2.75) is 11.3 Å². The summed E-state index contributed by atoms with van der Waals surface area (Å²) in [5.41, 5.74) is 2.34. The summed E-state index contributed by atoms with van der Waals surface area (Å²) in [7, 11) is -3.67. The minimum absolute atomic E-state index is 0.172. The summed E-state index contributed by atoms with van der Waals surface area (Å²) < 4.78 is 27.0. The Morgan fingerprint density at radius 1 is 0.857 bits per heavy atom. The maximum absolute atomic E-state index is 12.3. The van der Waals surface area contributed by atoms with E-state index < -0.39 is 10.0 Å². The number of H-pyrrole nitrogens is 1. The molecule has 0 saturated heterocycles. The van der Waals surface area contributed by atoms with E-state index in [2.05, 4.69) is 31.3 Å². The van der Waals surface area contributed by atoms with Crippen LogP contribution in [0.1, 0.15) is 5.56 Å². The van der Waals surface area contributed by atoms with Gasteiger partial charge in [0.1, 0.15) is 5.82 Å². The highest BCUT2D eigenvalue weighted by Gasteiger charge is 2.14. The van der Waals surface area contributed by atoms with Crippen LogP contribution >= 0.6 is 0 Å². The van der Waals surface area contributed by atoms with Crippen LogP contribution in [-0.2, 0) is 16.4 Å². The molecule has 28 heavy (non-hydrogen) atoms. The molecule has 4 aromatic rings. The van der Waals surface area contributed by atoms with Crippen molar-refractivity contribution in [2.75, 3.05) is 16.6 Å². The Bertz CT molecular complexity index is 1170. The molecule has 2 heterocycles. The fourth-order valence-corrected chi connectivity index (χ4v) is 3.96. The third-order valence-electron chi connectivity index (χ3n) is 4.33. The SMILES string of the molecule is O=S(=O)(Nc1ccc(NCCc2c[nH]c3ccccc23)nn1)c1ccccc1. The van der Waals surface area contributed by atoms with Gasteiger partial charge in [0.25, 0.3) is 10.0 Å². The molecule has 0 aliphatic rings. The van der Waals surface area contributed by atoms with E-state index in [1.165, 1.54) is 23.1 Å². The molecule has 2 aromatic carbocycles. The van der Waals surface area contributed by atoms with E-state index in [0.29, 0.717) is 12.4 Å². The summed E-state index contributed by atoms with van der Waals surface area (Å²) in [5, 5.41) is 12.4. The third kappa shape index (κ3) is 3.96. The first kappa shape index (κ1) is 18.0. The highest BCUT2D eigenvalue weighted by Crippen LogP contribution is 2.18. The number of nitrogens with one attached hydrogen (secondary N) is 3. The second-order valence-electron chi connectivity index (χ2n) is 6.26. The molecule has 3 N–H and O–H groups in total. The molecule has 0 amide bonds. The zero-order chi connectivity index (χ0) is 19.4. The third-order valence-corrected chi connectivity index (χ3v) is 5.70. The van der Waals surface area contributed by atoms with Gasteiger partial charge in [0, 0.05) is 23.6 Å². The molecule has 4 rings (SSSR count). The standard InChI is InChI=1S/C20H19N5O2S/c26-28(27,16-6-2-1-3-7-16)25-20-11-10-19(23-24-20)21-13-12-15-14-22-18-9-5-4-8-17(15)18/h1-11,14,22H,12-13H2,(H,21,23)(H,24,25). The lowest BCUT2D eigenvalue weighted by Crippen LogP contribution is -2.14. The molecule has 0 saturated carbocycles. The molecule has 8 heteroatoms. The van der Waals surface area contributed by atoms with E-state index in [1.54, 1.807) is 30.3 Å². The van der Waals surface area contributed by atoms with E-state index in [9.17, 15) is 8.42 Å². The second-order valence-corrected chi connectivity index (χ2v) is 7.94. The second kappa shape index (κ2) is 7.69. The van der Waals surface area contributed by atoms with Crippen molar-refractivity contribution in [3.63, 3.8) is 0 Å². The van der Waals surface area contributed by atoms with Crippen LogP contribution in [0.3, 0.4) is 0 Å². The number of anilines is 2. The smallest absolute Gasteiger partial charge is 0.263 e. The first-order valence-electron chi connectivity index (χ1n) is 8.82. The minimum Gasteiger partial charge on any atom is -0.368 e. The van der Waals surface area contributed by atoms with Crippen LogP contribution in [0.15, 0.2) is 77.8 Å². The first-order valence-corrected chi connectivity index (χ1v) is 10.3. The van der Waals surface area contributed by atoms with Crippen LogP contribution < -0.4 is 10.0 Å². The van der Waals surface area contributed by atoms with Gasteiger partial charge in [-0.25, -0.2) is 8.42 Å². The Hall–Kier alpha value is -3.39. The molecule has 0 aliphatic carbocycles. The van der Waals surface area contributed by atoms with Crippen molar-refractivity contribution in [3.05, 3.63) is 78.5 Å². The van der Waals surface area contributed by atoms with Crippen molar-refractivity contribution in [1.29, 1.82) is 0 Å². The zero-order valence-corrected chi connectivity index (χ0v) is 15.8. The number of para-hydroxylation sites is 1. The molecule has 0 bridgehead atoms. The average Bonchev–Trinajstić information content (AvgIpc) is 3.13. The molecule has 0 atom stereocenters. The Morgan fingerprint density at radius 2 is 1.57 bits per heavy atom. The number of benzene rings is 2. The normalized spacial score (nSPS) is 11.4. The van der Waals surface area contributed by atoms with Gasteiger partial charge in [-0.2, -0.15) is 0 Å². The highest BCUT2D eigenvalue weighted by molar-refractivity contribution is 7.92. The van der Waals surface area contributed by atoms with Crippen molar-refractivity contribution in [1.82, 2.24) is 15.2 Å². The van der Waals surface area contributed by atoms with Gasteiger partial charge in [-0.05, 0) is 42.3 Å². The van der Waals surface area contributed by atoms with Crippen LogP contribution in [0.2, 0.25) is 0 Å². The Morgan fingerprint density at radius 3 is 2.36 bits per heavy atom. The molecular weight excluding hydrogens is 374 g/mol. The van der Waals surface area contributed by atoms with Crippen molar-refractivity contribution < 1.29 is 8.42 Å². The fraction of sp³-hybridized carbons (Fsp3) is 0.100. The summed E-state index contributed by atoms with van der Waals surface area (Å²) >= 11 is 0. The molecule has 7 nitrogen and oxygen atoms in total. The maximum atomic E-state index is 12.3. The lowest BCUT2D eigenvalue weighted by atomic mass is 10.1. The van der Waals surface area contributed by atoms with Gasteiger partial charge in [0.05, 0.1) is 4.90 Å². The number of fused-ring (bicyclic) bond motifs is 1. The summed E-state index contributed by atoms with van der Waals surface area (Å²) in [4.78, 5) is 3.44. The van der Waals surface area contributed by atoms with Crippen molar-refractivity contribution in [2.24, 2.45) is 0 Å².